The number of halogens is 1. The average molecular weight is 302 g/mol. The zero-order valence-corrected chi connectivity index (χ0v) is 10.9. The number of ketones is 1. The van der Waals surface area contributed by atoms with Crippen molar-refractivity contribution in [3.05, 3.63) is 58.8 Å². The van der Waals surface area contributed by atoms with E-state index < -0.39 is 0 Å². The molecule has 3 rings (SSSR count). The molecule has 0 saturated heterocycles. The normalized spacial score (nSPS) is 13.4. The van der Waals surface area contributed by atoms with Crippen LogP contribution in [0.5, 0.6) is 11.5 Å². The van der Waals surface area contributed by atoms with Gasteiger partial charge in [-0.1, -0.05) is 22.5 Å². The molecule has 0 spiro atoms. The molecule has 1 aliphatic heterocycles. The van der Waals surface area contributed by atoms with E-state index in [4.69, 9.17) is 4.74 Å². The van der Waals surface area contributed by atoms with Crippen LogP contribution in [0.1, 0.15) is 15.9 Å². The summed E-state index contributed by atoms with van der Waals surface area (Å²) in [6.45, 7) is 3.87. The Balaban J connectivity index is 2.27. The van der Waals surface area contributed by atoms with Gasteiger partial charge in [0.25, 0.3) is 0 Å². The van der Waals surface area contributed by atoms with Gasteiger partial charge < -0.3 is 4.74 Å². The maximum absolute atomic E-state index is 12.3. The number of carbonyl (C=O) groups is 1. The number of benzene rings is 1. The second kappa shape index (κ2) is 4.07. The fourth-order valence-electron chi connectivity index (χ4n) is 1.88. The van der Waals surface area contributed by atoms with E-state index in [1.54, 1.807) is 18.3 Å². The monoisotopic (exact) mass is 301 g/mol. The van der Waals surface area contributed by atoms with Crippen molar-refractivity contribution in [2.24, 2.45) is 0 Å². The van der Waals surface area contributed by atoms with Gasteiger partial charge in [-0.05, 0) is 24.3 Å². The number of aromatic nitrogens is 1. The largest absolute Gasteiger partial charge is 0.454 e. The van der Waals surface area contributed by atoms with Crippen LogP contribution in [-0.4, -0.2) is 10.8 Å². The topological polar surface area (TPSA) is 39.2 Å². The highest BCUT2D eigenvalue weighted by Crippen LogP contribution is 2.38. The van der Waals surface area contributed by atoms with Crippen LogP contribution in [0, 0.1) is 0 Å². The minimum Gasteiger partial charge on any atom is -0.454 e. The third-order valence-electron chi connectivity index (χ3n) is 2.79. The predicted molar refractivity (Wildman–Crippen MR) is 71.8 cm³/mol. The Morgan fingerprint density at radius 1 is 1.17 bits per heavy atom. The Labute approximate surface area is 112 Å². The Bertz CT molecular complexity index is 679. The molecule has 0 atom stereocenters. The van der Waals surface area contributed by atoms with Gasteiger partial charge in [-0.2, -0.15) is 0 Å². The lowest BCUT2D eigenvalue weighted by molar-refractivity contribution is 0.105. The summed E-state index contributed by atoms with van der Waals surface area (Å²) >= 11 is 3.38. The summed E-state index contributed by atoms with van der Waals surface area (Å²) in [5.74, 6) is 0.942. The van der Waals surface area contributed by atoms with Gasteiger partial charge in [-0.3, -0.25) is 9.78 Å². The van der Waals surface area contributed by atoms with Crippen molar-refractivity contribution in [1.82, 2.24) is 4.98 Å². The highest BCUT2D eigenvalue weighted by Gasteiger charge is 2.24. The van der Waals surface area contributed by atoms with E-state index in [1.807, 2.05) is 12.1 Å². The molecule has 0 bridgehead atoms. The molecule has 0 unspecified atom stereocenters. The summed E-state index contributed by atoms with van der Waals surface area (Å²) in [6, 6.07) is 7.14. The van der Waals surface area contributed by atoms with Crippen LogP contribution in [0.25, 0.3) is 5.57 Å². The number of allylic oxidation sites excluding steroid dienone is 1. The highest BCUT2D eigenvalue weighted by atomic mass is 79.9. The van der Waals surface area contributed by atoms with Gasteiger partial charge in [0, 0.05) is 21.8 Å². The maximum Gasteiger partial charge on any atom is 0.197 e. The van der Waals surface area contributed by atoms with Crippen LogP contribution in [0.15, 0.2) is 47.7 Å². The SMILES string of the molecule is C=C1C(=O)c2ccncc2Oc2ccc(Br)cc21. The van der Waals surface area contributed by atoms with E-state index >= 15 is 0 Å². The lowest BCUT2D eigenvalue weighted by atomic mass is 9.99. The minimum atomic E-state index is -0.135. The molecule has 1 aromatic heterocycles. The summed E-state index contributed by atoms with van der Waals surface area (Å²) in [7, 11) is 0. The third kappa shape index (κ3) is 1.66. The molecule has 2 aromatic rings. The molecule has 0 saturated carbocycles. The number of carbonyl (C=O) groups excluding carboxylic acids is 1. The lowest BCUT2D eigenvalue weighted by Gasteiger charge is -2.07. The lowest BCUT2D eigenvalue weighted by Crippen LogP contribution is -2.00. The molecular weight excluding hydrogens is 294 g/mol. The van der Waals surface area contributed by atoms with Gasteiger partial charge in [0.05, 0.1) is 11.8 Å². The maximum atomic E-state index is 12.3. The van der Waals surface area contributed by atoms with Gasteiger partial charge >= 0.3 is 0 Å². The molecule has 0 aliphatic carbocycles. The Morgan fingerprint density at radius 2 is 2.00 bits per heavy atom. The fourth-order valence-corrected chi connectivity index (χ4v) is 2.24. The third-order valence-corrected chi connectivity index (χ3v) is 3.28. The number of fused-ring (bicyclic) bond motifs is 2. The van der Waals surface area contributed by atoms with Crippen molar-refractivity contribution < 1.29 is 9.53 Å². The van der Waals surface area contributed by atoms with Gasteiger partial charge in [-0.25, -0.2) is 0 Å². The summed E-state index contributed by atoms with van der Waals surface area (Å²) < 4.78 is 6.61. The number of Topliss-reactive ketones (excluding diaryl/α,β-unsaturated/α-hetero) is 1. The molecule has 1 aromatic carbocycles. The van der Waals surface area contributed by atoms with Gasteiger partial charge in [0.2, 0.25) is 0 Å². The quantitative estimate of drug-likeness (QED) is 0.694. The second-order valence-electron chi connectivity index (χ2n) is 3.92. The number of hydrogen-bond donors (Lipinski definition) is 0. The van der Waals surface area contributed by atoms with Gasteiger partial charge in [0.1, 0.15) is 5.75 Å². The number of rotatable bonds is 0. The summed E-state index contributed by atoms with van der Waals surface area (Å²) in [6.07, 6.45) is 3.11. The van der Waals surface area contributed by atoms with Crippen molar-refractivity contribution in [3.63, 3.8) is 0 Å². The number of hydrogen-bond acceptors (Lipinski definition) is 3. The first kappa shape index (κ1) is 11.2. The summed E-state index contributed by atoms with van der Waals surface area (Å²) in [4.78, 5) is 16.3. The van der Waals surface area contributed by atoms with Crippen molar-refractivity contribution in [1.29, 1.82) is 0 Å². The molecule has 2 heterocycles. The first-order chi connectivity index (χ1) is 8.66. The molecule has 0 amide bonds. The van der Waals surface area contributed by atoms with E-state index in [1.165, 1.54) is 6.20 Å². The van der Waals surface area contributed by atoms with Crippen molar-refractivity contribution >= 4 is 27.3 Å². The first-order valence-corrected chi connectivity index (χ1v) is 6.11. The number of ether oxygens (including phenoxy) is 1. The zero-order chi connectivity index (χ0) is 12.7. The minimum absolute atomic E-state index is 0.135. The predicted octanol–water partition coefficient (Wildman–Crippen LogP) is 3.85. The van der Waals surface area contributed by atoms with Crippen LogP contribution in [0.2, 0.25) is 0 Å². The van der Waals surface area contributed by atoms with E-state index in [0.717, 1.165) is 4.47 Å². The average Bonchev–Trinajstić information content (AvgIpc) is 2.48. The van der Waals surface area contributed by atoms with Crippen molar-refractivity contribution in [3.8, 4) is 11.5 Å². The van der Waals surface area contributed by atoms with E-state index in [2.05, 4.69) is 27.5 Å². The van der Waals surface area contributed by atoms with E-state index in [0.29, 0.717) is 28.2 Å². The van der Waals surface area contributed by atoms with Crippen LogP contribution < -0.4 is 4.74 Å². The summed E-state index contributed by atoms with van der Waals surface area (Å²) in [5, 5.41) is 0. The van der Waals surface area contributed by atoms with Crippen molar-refractivity contribution in [2.45, 2.75) is 0 Å². The van der Waals surface area contributed by atoms with Crippen molar-refractivity contribution in [2.75, 3.05) is 0 Å². The molecule has 1 aliphatic rings. The second-order valence-corrected chi connectivity index (χ2v) is 4.84. The van der Waals surface area contributed by atoms with Gasteiger partial charge in [0.15, 0.2) is 11.5 Å². The van der Waals surface area contributed by atoms with Crippen LogP contribution in [-0.2, 0) is 0 Å². The molecule has 0 radical (unpaired) electrons. The Hall–Kier alpha value is -1.94. The zero-order valence-electron chi connectivity index (χ0n) is 9.31. The van der Waals surface area contributed by atoms with E-state index in [9.17, 15) is 4.79 Å². The molecule has 4 heteroatoms. The molecule has 18 heavy (non-hydrogen) atoms. The standard InChI is InChI=1S/C14H8BrNO2/c1-8-11-6-9(15)2-3-12(11)18-13-7-16-5-4-10(13)14(8)17/h2-7H,1H2. The fraction of sp³-hybridized carbons (Fsp3) is 0. The van der Waals surface area contributed by atoms with Crippen LogP contribution >= 0.6 is 15.9 Å². The van der Waals surface area contributed by atoms with Crippen LogP contribution in [0.4, 0.5) is 0 Å². The smallest absolute Gasteiger partial charge is 0.197 e. The first-order valence-electron chi connectivity index (χ1n) is 5.32. The molecule has 0 N–H and O–H groups in total. The summed E-state index contributed by atoms with van der Waals surface area (Å²) in [5.41, 5.74) is 1.61. The Morgan fingerprint density at radius 3 is 2.83 bits per heavy atom. The van der Waals surface area contributed by atoms with Gasteiger partial charge in [-0.15, -0.1) is 0 Å². The number of pyridine rings is 1. The Kier molecular flexibility index (Phi) is 2.52. The molecule has 88 valence electrons. The number of nitrogens with zero attached hydrogens (tertiary/aromatic N) is 1. The molecular formula is C14H8BrNO2. The molecule has 3 nitrogen and oxygen atoms in total. The van der Waals surface area contributed by atoms with E-state index in [-0.39, 0.29) is 5.78 Å². The highest BCUT2D eigenvalue weighted by molar-refractivity contribution is 9.10. The molecule has 0 fully saturated rings. The van der Waals surface area contributed by atoms with Crippen LogP contribution in [0.3, 0.4) is 0 Å².